The fourth-order valence-corrected chi connectivity index (χ4v) is 1.59. The number of carbonyl (C=O) groups is 2. The minimum Gasteiger partial charge on any atom is -0.488 e. The molecule has 2 amide bonds. The van der Waals surface area contributed by atoms with Gasteiger partial charge in [-0.25, -0.2) is 8.78 Å². The highest BCUT2D eigenvalue weighted by Gasteiger charge is 2.17. The normalized spacial score (nSPS) is 11.6. The highest BCUT2D eigenvalue weighted by Crippen LogP contribution is 2.16. The fourth-order valence-electron chi connectivity index (χ4n) is 1.59. The summed E-state index contributed by atoms with van der Waals surface area (Å²) in [6, 6.07) is 5.28. The van der Waals surface area contributed by atoms with Crippen LogP contribution < -0.4 is 21.1 Å². The van der Waals surface area contributed by atoms with Crippen molar-refractivity contribution in [3.05, 3.63) is 24.3 Å². The molecule has 0 spiro atoms. The van der Waals surface area contributed by atoms with Crippen LogP contribution in [0.1, 0.15) is 13.8 Å². The number of rotatable bonds is 8. The van der Waals surface area contributed by atoms with Crippen molar-refractivity contribution in [1.29, 1.82) is 0 Å². The number of nitrogens with one attached hydrogen (secondary N) is 2. The Bertz CT molecular complexity index is 527. The number of anilines is 1. The summed E-state index contributed by atoms with van der Waals surface area (Å²) in [5.41, 5.74) is 6.11. The molecule has 0 unspecified atom stereocenters. The Kier molecular flexibility index (Phi) is 9.91. The van der Waals surface area contributed by atoms with Gasteiger partial charge in [0.25, 0.3) is 6.43 Å². The van der Waals surface area contributed by atoms with Crippen molar-refractivity contribution in [1.82, 2.24) is 5.32 Å². The molecule has 9 heteroatoms. The predicted molar refractivity (Wildman–Crippen MR) is 89.6 cm³/mol. The summed E-state index contributed by atoms with van der Waals surface area (Å²) in [6.07, 6.45) is -2.55. The molecule has 0 heterocycles. The van der Waals surface area contributed by atoms with Crippen molar-refractivity contribution < 1.29 is 23.1 Å². The van der Waals surface area contributed by atoms with E-state index in [-0.39, 0.29) is 30.6 Å². The third kappa shape index (κ3) is 8.07. The summed E-state index contributed by atoms with van der Waals surface area (Å²) in [5.74, 6) is -0.570. The Morgan fingerprint density at radius 3 is 2.29 bits per heavy atom. The van der Waals surface area contributed by atoms with Gasteiger partial charge in [-0.3, -0.25) is 9.59 Å². The number of nitrogens with two attached hydrogens (primary N) is 1. The molecule has 1 aromatic rings. The molecular weight excluding hydrogens is 344 g/mol. The maximum Gasteiger partial charge on any atom is 0.272 e. The van der Waals surface area contributed by atoms with Gasteiger partial charge in [0.2, 0.25) is 11.8 Å². The van der Waals surface area contributed by atoms with Crippen LogP contribution in [0, 0.1) is 5.92 Å². The largest absolute Gasteiger partial charge is 0.488 e. The number of halogens is 3. The number of hydrogen-bond acceptors (Lipinski definition) is 4. The molecule has 6 nitrogen and oxygen atoms in total. The van der Waals surface area contributed by atoms with Crippen LogP contribution in [0.2, 0.25) is 0 Å². The molecule has 1 atom stereocenters. The zero-order chi connectivity index (χ0) is 17.4. The van der Waals surface area contributed by atoms with Gasteiger partial charge in [0.15, 0.2) is 0 Å². The van der Waals surface area contributed by atoms with Gasteiger partial charge in [0.05, 0.1) is 12.6 Å². The maximum atomic E-state index is 12.0. The van der Waals surface area contributed by atoms with Crippen molar-refractivity contribution in [2.24, 2.45) is 11.7 Å². The molecule has 136 valence electrons. The number of hydrogen-bond donors (Lipinski definition) is 3. The summed E-state index contributed by atoms with van der Waals surface area (Å²) in [5, 5.41) is 5.00. The van der Waals surface area contributed by atoms with E-state index >= 15 is 0 Å². The standard InChI is InChI=1S/C15H21F2N3O3.ClH/c1-9(2)14(18)15(22)19-7-13(21)20-10-3-5-11(6-4-10)23-8-12(16)17;/h3-6,9,12,14H,7-8,18H2,1-2H3,(H,19,22)(H,20,21);1H/t14-;/m0./s1. The van der Waals surface area contributed by atoms with E-state index in [1.165, 1.54) is 24.3 Å². The second-order valence-electron chi connectivity index (χ2n) is 5.26. The van der Waals surface area contributed by atoms with Gasteiger partial charge in [-0.05, 0) is 30.2 Å². The van der Waals surface area contributed by atoms with Crippen molar-refractivity contribution in [3.63, 3.8) is 0 Å². The van der Waals surface area contributed by atoms with Crippen LogP contribution in [0.25, 0.3) is 0 Å². The molecule has 0 bridgehead atoms. The van der Waals surface area contributed by atoms with Crippen LogP contribution in [0.3, 0.4) is 0 Å². The van der Waals surface area contributed by atoms with Gasteiger partial charge in [-0.2, -0.15) is 0 Å². The summed E-state index contributed by atoms with van der Waals surface area (Å²) in [4.78, 5) is 23.3. The molecule has 1 aromatic carbocycles. The lowest BCUT2D eigenvalue weighted by Gasteiger charge is -2.15. The van der Waals surface area contributed by atoms with E-state index in [4.69, 9.17) is 10.5 Å². The summed E-state index contributed by atoms with van der Waals surface area (Å²) in [7, 11) is 0. The van der Waals surface area contributed by atoms with E-state index in [1.54, 1.807) is 0 Å². The first kappa shape index (κ1) is 22.1. The van der Waals surface area contributed by atoms with Crippen LogP contribution in [0.15, 0.2) is 24.3 Å². The minimum absolute atomic E-state index is 0. The second kappa shape index (κ2) is 10.8. The van der Waals surface area contributed by atoms with Crippen LogP contribution in [-0.2, 0) is 9.59 Å². The number of ether oxygens (including phenoxy) is 1. The third-order valence-corrected chi connectivity index (χ3v) is 2.96. The Hall–Kier alpha value is -1.93. The molecule has 0 fully saturated rings. The van der Waals surface area contributed by atoms with E-state index in [2.05, 4.69) is 10.6 Å². The van der Waals surface area contributed by atoms with Gasteiger partial charge in [-0.1, -0.05) is 13.8 Å². The molecule has 4 N–H and O–H groups in total. The summed E-state index contributed by atoms with van der Waals surface area (Å²) < 4.78 is 28.8. The van der Waals surface area contributed by atoms with Crippen molar-refractivity contribution >= 4 is 29.9 Å². The van der Waals surface area contributed by atoms with Gasteiger partial charge in [0, 0.05) is 5.69 Å². The van der Waals surface area contributed by atoms with Crippen molar-refractivity contribution in [2.75, 3.05) is 18.5 Å². The van der Waals surface area contributed by atoms with E-state index < -0.39 is 30.9 Å². The maximum absolute atomic E-state index is 12.0. The quantitative estimate of drug-likeness (QED) is 0.654. The van der Waals surface area contributed by atoms with Crippen LogP contribution >= 0.6 is 12.4 Å². The topological polar surface area (TPSA) is 93.5 Å². The molecule has 1 rings (SSSR count). The minimum atomic E-state index is -2.55. The first-order valence-electron chi connectivity index (χ1n) is 7.13. The first-order chi connectivity index (χ1) is 10.8. The van der Waals surface area contributed by atoms with Crippen LogP contribution in [0.4, 0.5) is 14.5 Å². The highest BCUT2D eigenvalue weighted by atomic mass is 35.5. The Labute approximate surface area is 145 Å². The zero-order valence-corrected chi connectivity index (χ0v) is 14.2. The Morgan fingerprint density at radius 1 is 1.21 bits per heavy atom. The van der Waals surface area contributed by atoms with Crippen molar-refractivity contribution in [2.45, 2.75) is 26.3 Å². The number of amides is 2. The van der Waals surface area contributed by atoms with Gasteiger partial charge in [-0.15, -0.1) is 12.4 Å². The van der Waals surface area contributed by atoms with E-state index in [9.17, 15) is 18.4 Å². The lowest BCUT2D eigenvalue weighted by molar-refractivity contribution is -0.125. The number of carbonyl (C=O) groups excluding carboxylic acids is 2. The number of benzene rings is 1. The average molecular weight is 366 g/mol. The molecule has 0 aliphatic heterocycles. The lowest BCUT2D eigenvalue weighted by Crippen LogP contribution is -2.46. The van der Waals surface area contributed by atoms with Crippen molar-refractivity contribution in [3.8, 4) is 5.75 Å². The molecule has 0 saturated heterocycles. The van der Waals surface area contributed by atoms with Gasteiger partial charge < -0.3 is 21.1 Å². The highest BCUT2D eigenvalue weighted by molar-refractivity contribution is 5.95. The summed E-state index contributed by atoms with van der Waals surface area (Å²) >= 11 is 0. The summed E-state index contributed by atoms with van der Waals surface area (Å²) in [6.45, 7) is 2.72. The predicted octanol–water partition coefficient (Wildman–Crippen LogP) is 1.79. The second-order valence-corrected chi connectivity index (χ2v) is 5.26. The molecule has 0 aromatic heterocycles. The van der Waals surface area contributed by atoms with Crippen LogP contribution in [0.5, 0.6) is 5.75 Å². The third-order valence-electron chi connectivity index (χ3n) is 2.96. The lowest BCUT2D eigenvalue weighted by atomic mass is 10.1. The molecule has 24 heavy (non-hydrogen) atoms. The van der Waals surface area contributed by atoms with Crippen LogP contribution in [-0.4, -0.2) is 37.4 Å². The van der Waals surface area contributed by atoms with Gasteiger partial charge in [0.1, 0.15) is 12.4 Å². The molecule has 0 aliphatic carbocycles. The zero-order valence-electron chi connectivity index (χ0n) is 13.4. The van der Waals surface area contributed by atoms with E-state index in [0.717, 1.165) is 0 Å². The molecular formula is C15H22ClF2N3O3. The van der Waals surface area contributed by atoms with E-state index in [1.807, 2.05) is 13.8 Å². The smallest absolute Gasteiger partial charge is 0.272 e. The fraction of sp³-hybridized carbons (Fsp3) is 0.467. The Balaban J connectivity index is 0.00000529. The van der Waals surface area contributed by atoms with Gasteiger partial charge >= 0.3 is 0 Å². The number of alkyl halides is 2. The Morgan fingerprint density at radius 2 is 1.79 bits per heavy atom. The molecule has 0 saturated carbocycles. The van der Waals surface area contributed by atoms with E-state index in [0.29, 0.717) is 5.69 Å². The first-order valence-corrected chi connectivity index (χ1v) is 7.13. The molecule has 0 radical (unpaired) electrons. The average Bonchev–Trinajstić information content (AvgIpc) is 2.51. The monoisotopic (exact) mass is 365 g/mol. The molecule has 0 aliphatic rings. The SMILES string of the molecule is CC(C)[C@H](N)C(=O)NCC(=O)Nc1ccc(OCC(F)F)cc1.Cl.